The van der Waals surface area contributed by atoms with E-state index >= 15 is 0 Å². The van der Waals surface area contributed by atoms with E-state index in [0.717, 1.165) is 31.6 Å². The van der Waals surface area contributed by atoms with Gasteiger partial charge < -0.3 is 5.32 Å². The summed E-state index contributed by atoms with van der Waals surface area (Å²) in [5, 5.41) is 3.70. The summed E-state index contributed by atoms with van der Waals surface area (Å²) >= 11 is 6.01. The van der Waals surface area contributed by atoms with Crippen molar-refractivity contribution in [2.45, 2.75) is 25.7 Å². The Morgan fingerprint density at radius 2 is 2.05 bits per heavy atom. The van der Waals surface area contributed by atoms with E-state index in [1.54, 1.807) is 0 Å². The molecule has 0 aromatic heterocycles. The fourth-order valence-electron chi connectivity index (χ4n) is 2.44. The number of nitrogens with zero attached hydrogens (tertiary/aromatic N) is 1. The molecule has 4 heteroatoms. The SMILES string of the molecule is CC(C)(C(=O)NCCCN1CC=CC1)c1cccc(Cl)c1. The Labute approximate surface area is 132 Å². The van der Waals surface area contributed by atoms with E-state index in [2.05, 4.69) is 22.4 Å². The number of benzene rings is 1. The van der Waals surface area contributed by atoms with Crippen molar-refractivity contribution >= 4 is 17.5 Å². The van der Waals surface area contributed by atoms with E-state index in [1.807, 2.05) is 38.1 Å². The zero-order chi connectivity index (χ0) is 15.3. The second-order valence-corrected chi connectivity index (χ2v) is 6.41. The second kappa shape index (κ2) is 7.10. The molecule has 0 bridgehead atoms. The molecule has 1 aliphatic heterocycles. The third-order valence-electron chi connectivity index (χ3n) is 3.94. The van der Waals surface area contributed by atoms with E-state index in [4.69, 9.17) is 11.6 Å². The fraction of sp³-hybridized carbons (Fsp3) is 0.471. The Hall–Kier alpha value is -1.32. The van der Waals surface area contributed by atoms with Crippen molar-refractivity contribution < 1.29 is 4.79 Å². The summed E-state index contributed by atoms with van der Waals surface area (Å²) in [4.78, 5) is 14.7. The van der Waals surface area contributed by atoms with Gasteiger partial charge in [0.15, 0.2) is 0 Å². The van der Waals surface area contributed by atoms with Gasteiger partial charge in [0.2, 0.25) is 5.91 Å². The maximum absolute atomic E-state index is 12.4. The van der Waals surface area contributed by atoms with Crippen molar-refractivity contribution in [3.05, 3.63) is 47.0 Å². The van der Waals surface area contributed by atoms with Crippen molar-refractivity contribution in [1.29, 1.82) is 0 Å². The van der Waals surface area contributed by atoms with Crippen molar-refractivity contribution in [2.75, 3.05) is 26.2 Å². The first-order valence-electron chi connectivity index (χ1n) is 7.42. The number of hydrogen-bond donors (Lipinski definition) is 1. The molecule has 1 heterocycles. The summed E-state index contributed by atoms with van der Waals surface area (Å²) in [5.41, 5.74) is 0.372. The van der Waals surface area contributed by atoms with Crippen LogP contribution in [0.3, 0.4) is 0 Å². The first-order valence-corrected chi connectivity index (χ1v) is 7.79. The van der Waals surface area contributed by atoms with E-state index in [0.29, 0.717) is 11.6 Å². The van der Waals surface area contributed by atoms with Crippen LogP contribution in [0.15, 0.2) is 36.4 Å². The average molecular weight is 307 g/mol. The molecule has 0 saturated heterocycles. The van der Waals surface area contributed by atoms with Crippen LogP contribution in [0.5, 0.6) is 0 Å². The lowest BCUT2D eigenvalue weighted by Crippen LogP contribution is -2.41. The van der Waals surface area contributed by atoms with E-state index in [9.17, 15) is 4.79 Å². The first kappa shape index (κ1) is 16.1. The van der Waals surface area contributed by atoms with Gasteiger partial charge in [-0.3, -0.25) is 9.69 Å². The van der Waals surface area contributed by atoms with E-state index < -0.39 is 5.41 Å². The molecule has 2 rings (SSSR count). The summed E-state index contributed by atoms with van der Waals surface area (Å²) < 4.78 is 0. The number of amides is 1. The first-order chi connectivity index (χ1) is 10.00. The molecule has 0 fully saturated rings. The normalized spacial score (nSPS) is 15.4. The molecule has 0 aliphatic carbocycles. The monoisotopic (exact) mass is 306 g/mol. The third-order valence-corrected chi connectivity index (χ3v) is 4.18. The Kier molecular flexibility index (Phi) is 5.43. The Balaban J connectivity index is 1.81. The van der Waals surface area contributed by atoms with Gasteiger partial charge in [0.05, 0.1) is 5.41 Å². The molecule has 3 nitrogen and oxygen atoms in total. The molecule has 21 heavy (non-hydrogen) atoms. The van der Waals surface area contributed by atoms with Crippen LogP contribution in [-0.4, -0.2) is 37.0 Å². The van der Waals surface area contributed by atoms with Crippen molar-refractivity contribution in [3.8, 4) is 0 Å². The summed E-state index contributed by atoms with van der Waals surface area (Å²) in [6.07, 6.45) is 5.33. The van der Waals surface area contributed by atoms with E-state index in [1.165, 1.54) is 0 Å². The van der Waals surface area contributed by atoms with Crippen molar-refractivity contribution in [1.82, 2.24) is 10.2 Å². The molecule has 0 atom stereocenters. The highest BCUT2D eigenvalue weighted by molar-refractivity contribution is 6.30. The predicted molar refractivity (Wildman–Crippen MR) is 87.7 cm³/mol. The second-order valence-electron chi connectivity index (χ2n) is 5.98. The molecule has 0 saturated carbocycles. The van der Waals surface area contributed by atoms with Gasteiger partial charge in [0.1, 0.15) is 0 Å². The smallest absolute Gasteiger partial charge is 0.230 e. The number of carbonyl (C=O) groups excluding carboxylic acids is 1. The highest BCUT2D eigenvalue weighted by Crippen LogP contribution is 2.25. The average Bonchev–Trinajstić information content (AvgIpc) is 2.96. The lowest BCUT2D eigenvalue weighted by atomic mass is 9.84. The van der Waals surface area contributed by atoms with Crippen LogP contribution in [0.2, 0.25) is 5.02 Å². The van der Waals surface area contributed by atoms with E-state index in [-0.39, 0.29) is 5.91 Å². The van der Waals surface area contributed by atoms with Crippen LogP contribution in [0, 0.1) is 0 Å². The molecule has 0 radical (unpaired) electrons. The Bertz CT molecular complexity index is 517. The van der Waals surface area contributed by atoms with Gasteiger partial charge >= 0.3 is 0 Å². The minimum Gasteiger partial charge on any atom is -0.355 e. The number of nitrogens with one attached hydrogen (secondary N) is 1. The molecular formula is C17H23ClN2O. The van der Waals surface area contributed by atoms with Gasteiger partial charge in [-0.25, -0.2) is 0 Å². The molecule has 1 aromatic carbocycles. The zero-order valence-corrected chi connectivity index (χ0v) is 13.5. The summed E-state index contributed by atoms with van der Waals surface area (Å²) in [7, 11) is 0. The highest BCUT2D eigenvalue weighted by Gasteiger charge is 2.29. The molecule has 1 N–H and O–H groups in total. The molecule has 0 unspecified atom stereocenters. The van der Waals surface area contributed by atoms with Gasteiger partial charge in [-0.05, 0) is 38.0 Å². The standard InChI is InChI=1S/C17H23ClN2O/c1-17(2,14-7-5-8-15(18)13-14)16(21)19-9-6-12-20-10-3-4-11-20/h3-5,7-8,13H,6,9-12H2,1-2H3,(H,19,21). The highest BCUT2D eigenvalue weighted by atomic mass is 35.5. The van der Waals surface area contributed by atoms with Crippen molar-refractivity contribution in [2.24, 2.45) is 0 Å². The summed E-state index contributed by atoms with van der Waals surface area (Å²) in [6.45, 7) is 7.64. The van der Waals surface area contributed by atoms with Gasteiger partial charge in [-0.15, -0.1) is 0 Å². The maximum Gasteiger partial charge on any atom is 0.230 e. The zero-order valence-electron chi connectivity index (χ0n) is 12.7. The largest absolute Gasteiger partial charge is 0.355 e. The molecule has 1 aliphatic rings. The minimum atomic E-state index is -0.569. The van der Waals surface area contributed by atoms with Gasteiger partial charge in [-0.2, -0.15) is 0 Å². The number of carbonyl (C=O) groups is 1. The maximum atomic E-state index is 12.4. The molecule has 1 amide bonds. The van der Waals surface area contributed by atoms with Crippen LogP contribution in [0.25, 0.3) is 0 Å². The van der Waals surface area contributed by atoms with Crippen LogP contribution < -0.4 is 5.32 Å². The molecule has 1 aromatic rings. The van der Waals surface area contributed by atoms with Gasteiger partial charge in [-0.1, -0.05) is 35.9 Å². The molecule has 0 spiro atoms. The van der Waals surface area contributed by atoms with Crippen LogP contribution in [0.4, 0.5) is 0 Å². The quantitative estimate of drug-likeness (QED) is 0.647. The van der Waals surface area contributed by atoms with Crippen LogP contribution in [-0.2, 0) is 10.2 Å². The Morgan fingerprint density at radius 3 is 2.71 bits per heavy atom. The van der Waals surface area contributed by atoms with Gasteiger partial charge in [0, 0.05) is 31.2 Å². The fourth-order valence-corrected chi connectivity index (χ4v) is 2.63. The van der Waals surface area contributed by atoms with Crippen LogP contribution >= 0.6 is 11.6 Å². The minimum absolute atomic E-state index is 0.0457. The van der Waals surface area contributed by atoms with Crippen molar-refractivity contribution in [3.63, 3.8) is 0 Å². The number of halogens is 1. The predicted octanol–water partition coefficient (Wildman–Crippen LogP) is 3.00. The lowest BCUT2D eigenvalue weighted by Gasteiger charge is -2.24. The lowest BCUT2D eigenvalue weighted by molar-refractivity contribution is -0.125. The van der Waals surface area contributed by atoms with Gasteiger partial charge in [0.25, 0.3) is 0 Å². The number of rotatable bonds is 6. The van der Waals surface area contributed by atoms with Crippen LogP contribution in [0.1, 0.15) is 25.8 Å². The summed E-state index contributed by atoms with van der Waals surface area (Å²) in [5.74, 6) is 0.0457. The molecule has 114 valence electrons. The number of hydrogen-bond acceptors (Lipinski definition) is 2. The third kappa shape index (κ3) is 4.32. The topological polar surface area (TPSA) is 32.3 Å². The summed E-state index contributed by atoms with van der Waals surface area (Å²) in [6, 6.07) is 7.51. The molecular weight excluding hydrogens is 284 g/mol. The Morgan fingerprint density at radius 1 is 1.33 bits per heavy atom.